The number of carbonyl (C=O) groups is 4. The zero-order valence-corrected chi connectivity index (χ0v) is 23.1. The fourth-order valence-corrected chi connectivity index (χ4v) is 5.67. The van der Waals surface area contributed by atoms with Crippen LogP contribution in [0.4, 0.5) is 11.4 Å². The topological polar surface area (TPSA) is 84.0 Å². The summed E-state index contributed by atoms with van der Waals surface area (Å²) in [6.45, 7) is 1.79. The summed E-state index contributed by atoms with van der Waals surface area (Å²) in [5.74, 6) is -2.73. The first-order chi connectivity index (χ1) is 18.0. The van der Waals surface area contributed by atoms with E-state index in [1.54, 1.807) is 31.2 Å². The van der Waals surface area contributed by atoms with Gasteiger partial charge in [-0.25, -0.2) is 4.90 Å². The monoisotopic (exact) mass is 610 g/mol. The number of nitrogens with zero attached hydrogens (tertiary/aromatic N) is 2. The molecule has 7 nitrogen and oxygen atoms in total. The first-order valence-electron chi connectivity index (χ1n) is 11.1. The fourth-order valence-electron chi connectivity index (χ4n) is 4.47. The molecule has 1 fully saturated rings. The number of ether oxygens (including phenoxy) is 1. The minimum atomic E-state index is -0.714. The number of amides is 3. The molecule has 1 saturated heterocycles. The highest BCUT2D eigenvalue weighted by Crippen LogP contribution is 2.46. The van der Waals surface area contributed by atoms with E-state index < -0.39 is 23.7 Å². The second-order valence-electron chi connectivity index (χ2n) is 8.71. The van der Waals surface area contributed by atoms with E-state index in [4.69, 9.17) is 62.7 Å². The SMILES string of the molecule is Cc1cc(OC(=O)[C@H]2CC(=O)N(c3cccc(Cl)c3)C2)ccc1N1C(=O)c2c(Cl)c(Cl)c(Cl)c(Cl)c2C1=O. The van der Waals surface area contributed by atoms with E-state index in [0.717, 1.165) is 4.90 Å². The smallest absolute Gasteiger partial charge is 0.316 e. The highest BCUT2D eigenvalue weighted by atomic mass is 35.5. The number of aryl methyl sites for hydroxylation is 1. The maximum Gasteiger partial charge on any atom is 0.316 e. The molecule has 0 unspecified atom stereocenters. The number of imide groups is 1. The summed E-state index contributed by atoms with van der Waals surface area (Å²) >= 11 is 30.6. The van der Waals surface area contributed by atoms with Gasteiger partial charge in [-0.1, -0.05) is 64.1 Å². The van der Waals surface area contributed by atoms with Gasteiger partial charge in [0.05, 0.1) is 42.8 Å². The number of halogens is 5. The van der Waals surface area contributed by atoms with E-state index in [9.17, 15) is 19.2 Å². The van der Waals surface area contributed by atoms with Crippen LogP contribution in [-0.4, -0.2) is 30.2 Å². The van der Waals surface area contributed by atoms with Crippen molar-refractivity contribution in [2.24, 2.45) is 5.92 Å². The van der Waals surface area contributed by atoms with E-state index in [1.807, 2.05) is 0 Å². The van der Waals surface area contributed by atoms with Crippen molar-refractivity contribution in [3.63, 3.8) is 0 Å². The van der Waals surface area contributed by atoms with Gasteiger partial charge in [0.1, 0.15) is 5.75 Å². The van der Waals surface area contributed by atoms with Crippen LogP contribution in [0.25, 0.3) is 0 Å². The molecule has 0 saturated carbocycles. The van der Waals surface area contributed by atoms with Crippen LogP contribution in [0, 0.1) is 12.8 Å². The average molecular weight is 613 g/mol. The summed E-state index contributed by atoms with van der Waals surface area (Å²) in [4.78, 5) is 54.1. The Labute approximate surface area is 241 Å². The molecule has 38 heavy (non-hydrogen) atoms. The van der Waals surface area contributed by atoms with Crippen molar-refractivity contribution < 1.29 is 23.9 Å². The van der Waals surface area contributed by atoms with Gasteiger partial charge in [-0.3, -0.25) is 19.2 Å². The molecule has 2 heterocycles. The normalized spacial score (nSPS) is 16.9. The van der Waals surface area contributed by atoms with Crippen molar-refractivity contribution in [2.45, 2.75) is 13.3 Å². The van der Waals surface area contributed by atoms with Crippen molar-refractivity contribution in [3.05, 3.63) is 84.3 Å². The Bertz CT molecular complexity index is 1530. The molecule has 3 aromatic carbocycles. The number of benzene rings is 3. The summed E-state index contributed by atoms with van der Waals surface area (Å²) in [6.07, 6.45) is -0.00983. The summed E-state index contributed by atoms with van der Waals surface area (Å²) in [7, 11) is 0. The minimum absolute atomic E-state index is 0.00983. The Kier molecular flexibility index (Phi) is 7.09. The summed E-state index contributed by atoms with van der Waals surface area (Å²) < 4.78 is 5.53. The quantitative estimate of drug-likeness (QED) is 0.104. The van der Waals surface area contributed by atoms with Crippen molar-refractivity contribution in [2.75, 3.05) is 16.3 Å². The minimum Gasteiger partial charge on any atom is -0.426 e. The Morgan fingerprint density at radius 2 is 1.50 bits per heavy atom. The molecule has 194 valence electrons. The van der Waals surface area contributed by atoms with E-state index in [1.165, 1.54) is 23.1 Å². The lowest BCUT2D eigenvalue weighted by atomic mass is 10.1. The van der Waals surface area contributed by atoms with Gasteiger partial charge < -0.3 is 9.64 Å². The number of fused-ring (bicyclic) bond motifs is 1. The van der Waals surface area contributed by atoms with Gasteiger partial charge in [0.15, 0.2) is 0 Å². The number of esters is 1. The van der Waals surface area contributed by atoms with E-state index in [0.29, 0.717) is 16.3 Å². The molecule has 2 aliphatic rings. The van der Waals surface area contributed by atoms with Crippen molar-refractivity contribution in [3.8, 4) is 5.75 Å². The maximum absolute atomic E-state index is 13.2. The lowest BCUT2D eigenvalue weighted by Gasteiger charge is -2.18. The number of hydrogen-bond acceptors (Lipinski definition) is 5. The second-order valence-corrected chi connectivity index (χ2v) is 10.7. The fraction of sp³-hybridized carbons (Fsp3) is 0.154. The van der Waals surface area contributed by atoms with E-state index >= 15 is 0 Å². The zero-order chi connectivity index (χ0) is 27.5. The standard InChI is InChI=1S/C26H15Cl5N2O5/c1-11-7-15(38-26(37)12-8-17(34)32(10-12)14-4-2-3-13(27)9-14)5-6-16(11)33-24(35)18-19(25(33)36)21(29)23(31)22(30)20(18)28/h2-7,9,12H,8,10H2,1H3/t12-/m0/s1. The number of hydrogen-bond donors (Lipinski definition) is 0. The Morgan fingerprint density at radius 1 is 0.868 bits per heavy atom. The third-order valence-electron chi connectivity index (χ3n) is 6.31. The van der Waals surface area contributed by atoms with Crippen LogP contribution in [0.5, 0.6) is 5.75 Å². The lowest BCUT2D eigenvalue weighted by molar-refractivity contribution is -0.139. The van der Waals surface area contributed by atoms with Gasteiger partial charge in [-0.05, 0) is 48.9 Å². The first kappa shape index (κ1) is 26.8. The van der Waals surface area contributed by atoms with Gasteiger partial charge in [-0.2, -0.15) is 0 Å². The molecular weight excluding hydrogens is 598 g/mol. The summed E-state index contributed by atoms with van der Waals surface area (Å²) in [5.41, 5.74) is 1.01. The van der Waals surface area contributed by atoms with Gasteiger partial charge in [0.25, 0.3) is 11.8 Å². The number of rotatable bonds is 4. The summed E-state index contributed by atoms with van der Waals surface area (Å²) in [6, 6.07) is 11.2. The average Bonchev–Trinajstić information content (AvgIpc) is 3.39. The molecule has 5 rings (SSSR count). The Morgan fingerprint density at radius 3 is 2.08 bits per heavy atom. The molecule has 12 heteroatoms. The molecule has 2 aliphatic heterocycles. The molecule has 3 amide bonds. The van der Waals surface area contributed by atoms with Crippen LogP contribution in [0.15, 0.2) is 42.5 Å². The largest absolute Gasteiger partial charge is 0.426 e. The van der Waals surface area contributed by atoms with Gasteiger partial charge in [-0.15, -0.1) is 0 Å². The number of anilines is 2. The van der Waals surface area contributed by atoms with E-state index in [-0.39, 0.29) is 61.5 Å². The van der Waals surface area contributed by atoms with Gasteiger partial charge >= 0.3 is 5.97 Å². The Hall–Kier alpha value is -2.81. The van der Waals surface area contributed by atoms with Crippen LogP contribution >= 0.6 is 58.0 Å². The van der Waals surface area contributed by atoms with Crippen LogP contribution in [0.2, 0.25) is 25.1 Å². The van der Waals surface area contributed by atoms with Crippen LogP contribution in [-0.2, 0) is 9.59 Å². The van der Waals surface area contributed by atoms with Gasteiger partial charge in [0.2, 0.25) is 5.91 Å². The molecule has 0 bridgehead atoms. The predicted octanol–water partition coefficient (Wildman–Crippen LogP) is 7.02. The van der Waals surface area contributed by atoms with Crippen LogP contribution < -0.4 is 14.5 Å². The predicted molar refractivity (Wildman–Crippen MR) is 146 cm³/mol. The van der Waals surface area contributed by atoms with E-state index in [2.05, 4.69) is 0 Å². The van der Waals surface area contributed by atoms with Crippen LogP contribution in [0.3, 0.4) is 0 Å². The highest BCUT2D eigenvalue weighted by Gasteiger charge is 2.43. The maximum atomic E-state index is 13.2. The van der Waals surface area contributed by atoms with Crippen LogP contribution in [0.1, 0.15) is 32.7 Å². The Balaban J connectivity index is 1.35. The molecule has 0 N–H and O–H groups in total. The molecule has 3 aromatic rings. The molecular formula is C26H15Cl5N2O5. The first-order valence-corrected chi connectivity index (χ1v) is 13.0. The lowest BCUT2D eigenvalue weighted by Crippen LogP contribution is -2.30. The van der Waals surface area contributed by atoms with Crippen molar-refractivity contribution in [1.29, 1.82) is 0 Å². The molecule has 0 aromatic heterocycles. The molecule has 0 aliphatic carbocycles. The summed E-state index contributed by atoms with van der Waals surface area (Å²) in [5, 5.41) is -0.112. The molecule has 0 radical (unpaired) electrons. The second kappa shape index (κ2) is 10.1. The number of carbonyl (C=O) groups excluding carboxylic acids is 4. The van der Waals surface area contributed by atoms with Crippen molar-refractivity contribution in [1.82, 2.24) is 0 Å². The molecule has 1 atom stereocenters. The molecule has 0 spiro atoms. The van der Waals surface area contributed by atoms with Gasteiger partial charge in [0, 0.05) is 23.7 Å². The third-order valence-corrected chi connectivity index (χ3v) is 8.34. The third kappa shape index (κ3) is 4.42. The highest BCUT2D eigenvalue weighted by molar-refractivity contribution is 6.56. The zero-order valence-electron chi connectivity index (χ0n) is 19.4. The van der Waals surface area contributed by atoms with Crippen molar-refractivity contribution >= 4 is 93.1 Å².